The van der Waals surface area contributed by atoms with Crippen molar-refractivity contribution in [2.45, 2.75) is 0 Å². The van der Waals surface area contributed by atoms with Crippen molar-refractivity contribution in [3.63, 3.8) is 0 Å². The van der Waals surface area contributed by atoms with E-state index in [2.05, 4.69) is 26.8 Å². The van der Waals surface area contributed by atoms with Gasteiger partial charge in [0.15, 0.2) is 5.13 Å². The van der Waals surface area contributed by atoms with Crippen LogP contribution in [0.15, 0.2) is 12.1 Å². The Bertz CT molecular complexity index is 530. The van der Waals surface area contributed by atoms with Gasteiger partial charge in [-0.05, 0) is 19.2 Å². The summed E-state index contributed by atoms with van der Waals surface area (Å²) >= 11 is 1.45. The molecule has 0 atom stereocenters. The fraction of sp³-hybridized carbons (Fsp3) is 0.455. The highest BCUT2D eigenvalue weighted by Gasteiger charge is 2.16. The van der Waals surface area contributed by atoms with Crippen molar-refractivity contribution < 1.29 is 0 Å². The van der Waals surface area contributed by atoms with E-state index in [9.17, 15) is 0 Å². The number of rotatable bonds is 1. The number of hydrogen-bond donors (Lipinski definition) is 1. The molecule has 2 aromatic heterocycles. The van der Waals surface area contributed by atoms with Crippen molar-refractivity contribution in [3.05, 3.63) is 12.1 Å². The maximum Gasteiger partial charge on any atom is 0.182 e. The van der Waals surface area contributed by atoms with Gasteiger partial charge in [0.2, 0.25) is 0 Å². The van der Waals surface area contributed by atoms with Crippen molar-refractivity contribution in [1.29, 1.82) is 0 Å². The number of nitrogen functional groups attached to an aromatic ring is 1. The van der Waals surface area contributed by atoms with Crippen molar-refractivity contribution in [2.75, 3.05) is 43.9 Å². The minimum atomic E-state index is 0.586. The third kappa shape index (κ3) is 2.05. The molecule has 1 aliphatic rings. The van der Waals surface area contributed by atoms with E-state index < -0.39 is 0 Å². The van der Waals surface area contributed by atoms with Gasteiger partial charge in [0.25, 0.3) is 0 Å². The molecule has 17 heavy (non-hydrogen) atoms. The standard InChI is InChI=1S/C11H15N5S/c1-15-4-6-16(7-5-15)9-3-2-8-10(14-9)17-11(12)13-8/h2-3H,4-7H2,1H3,(H2,12,13). The summed E-state index contributed by atoms with van der Waals surface area (Å²) in [6.07, 6.45) is 0. The first-order valence-electron chi connectivity index (χ1n) is 5.69. The lowest BCUT2D eigenvalue weighted by atomic mass is 10.3. The predicted molar refractivity (Wildman–Crippen MR) is 71.5 cm³/mol. The molecule has 1 fully saturated rings. The first-order chi connectivity index (χ1) is 8.22. The van der Waals surface area contributed by atoms with Gasteiger partial charge in [0.1, 0.15) is 16.2 Å². The zero-order valence-electron chi connectivity index (χ0n) is 9.76. The summed E-state index contributed by atoms with van der Waals surface area (Å²) in [4.78, 5) is 14.4. The number of fused-ring (bicyclic) bond motifs is 1. The summed E-state index contributed by atoms with van der Waals surface area (Å²) < 4.78 is 0. The molecular formula is C11H15N5S. The predicted octanol–water partition coefficient (Wildman–Crippen LogP) is 1.03. The molecular weight excluding hydrogens is 234 g/mol. The molecule has 3 rings (SSSR count). The van der Waals surface area contributed by atoms with Gasteiger partial charge in [-0.25, -0.2) is 9.97 Å². The third-order valence-corrected chi connectivity index (χ3v) is 3.88. The Morgan fingerprint density at radius 2 is 1.94 bits per heavy atom. The van der Waals surface area contributed by atoms with E-state index in [1.165, 1.54) is 11.3 Å². The van der Waals surface area contributed by atoms with E-state index in [0.29, 0.717) is 5.13 Å². The van der Waals surface area contributed by atoms with Gasteiger partial charge < -0.3 is 15.5 Å². The van der Waals surface area contributed by atoms with E-state index in [0.717, 1.165) is 42.3 Å². The molecule has 1 aliphatic heterocycles. The minimum absolute atomic E-state index is 0.586. The molecule has 0 amide bonds. The van der Waals surface area contributed by atoms with Crippen LogP contribution >= 0.6 is 11.3 Å². The molecule has 2 aromatic rings. The summed E-state index contributed by atoms with van der Waals surface area (Å²) in [5.41, 5.74) is 6.58. The van der Waals surface area contributed by atoms with E-state index in [4.69, 9.17) is 5.73 Å². The van der Waals surface area contributed by atoms with Gasteiger partial charge >= 0.3 is 0 Å². The number of likely N-dealkylation sites (N-methyl/N-ethyl adjacent to an activating group) is 1. The maximum atomic E-state index is 5.68. The second-order valence-corrected chi connectivity index (χ2v) is 5.35. The lowest BCUT2D eigenvalue weighted by Crippen LogP contribution is -2.44. The number of nitrogens with two attached hydrogens (primary N) is 1. The van der Waals surface area contributed by atoms with Crippen molar-refractivity contribution in [3.8, 4) is 0 Å². The fourth-order valence-corrected chi connectivity index (χ4v) is 2.74. The largest absolute Gasteiger partial charge is 0.375 e. The van der Waals surface area contributed by atoms with Crippen LogP contribution in [0, 0.1) is 0 Å². The van der Waals surface area contributed by atoms with Gasteiger partial charge in [-0.2, -0.15) is 0 Å². The van der Waals surface area contributed by atoms with E-state index in [-0.39, 0.29) is 0 Å². The number of piperazine rings is 1. The first-order valence-corrected chi connectivity index (χ1v) is 6.50. The first kappa shape index (κ1) is 10.7. The summed E-state index contributed by atoms with van der Waals surface area (Å²) in [5.74, 6) is 1.04. The molecule has 0 saturated carbocycles. The SMILES string of the molecule is CN1CCN(c2ccc3nc(N)sc3n2)CC1. The highest BCUT2D eigenvalue weighted by atomic mass is 32.1. The summed E-state index contributed by atoms with van der Waals surface area (Å²) in [6, 6.07) is 4.04. The van der Waals surface area contributed by atoms with Crippen LogP contribution in [0.5, 0.6) is 0 Å². The molecule has 2 N–H and O–H groups in total. The molecule has 0 spiro atoms. The van der Waals surface area contributed by atoms with E-state index in [1.54, 1.807) is 0 Å². The smallest absolute Gasteiger partial charge is 0.182 e. The molecule has 0 aliphatic carbocycles. The van der Waals surface area contributed by atoms with Crippen LogP contribution < -0.4 is 10.6 Å². The number of thiazole rings is 1. The summed E-state index contributed by atoms with van der Waals surface area (Å²) in [7, 11) is 2.15. The number of pyridine rings is 1. The monoisotopic (exact) mass is 249 g/mol. The van der Waals surface area contributed by atoms with Gasteiger partial charge in [0, 0.05) is 26.2 Å². The van der Waals surface area contributed by atoms with Crippen LogP contribution in [-0.4, -0.2) is 48.1 Å². The summed E-state index contributed by atoms with van der Waals surface area (Å²) in [6.45, 7) is 4.24. The summed E-state index contributed by atoms with van der Waals surface area (Å²) in [5, 5.41) is 0.586. The van der Waals surface area contributed by atoms with Gasteiger partial charge in [-0.3, -0.25) is 0 Å². The Labute approximate surface area is 104 Å². The van der Waals surface area contributed by atoms with Gasteiger partial charge in [-0.15, -0.1) is 0 Å². The number of anilines is 2. The molecule has 6 heteroatoms. The molecule has 0 unspecified atom stereocenters. The minimum Gasteiger partial charge on any atom is -0.375 e. The fourth-order valence-electron chi connectivity index (χ4n) is 2.04. The van der Waals surface area contributed by atoms with Crippen molar-refractivity contribution in [2.24, 2.45) is 0 Å². The Balaban J connectivity index is 1.89. The second-order valence-electron chi connectivity index (χ2n) is 4.34. The van der Waals surface area contributed by atoms with Gasteiger partial charge in [-0.1, -0.05) is 11.3 Å². The molecule has 90 valence electrons. The Morgan fingerprint density at radius 1 is 1.18 bits per heavy atom. The van der Waals surface area contributed by atoms with Crippen LogP contribution in [0.4, 0.5) is 10.9 Å². The third-order valence-electron chi connectivity index (χ3n) is 3.08. The normalized spacial score (nSPS) is 17.8. The number of aromatic nitrogens is 2. The van der Waals surface area contributed by atoms with Crippen LogP contribution in [0.2, 0.25) is 0 Å². The topological polar surface area (TPSA) is 58.3 Å². The Morgan fingerprint density at radius 3 is 2.71 bits per heavy atom. The Hall–Kier alpha value is -1.40. The van der Waals surface area contributed by atoms with Crippen LogP contribution in [0.1, 0.15) is 0 Å². The molecule has 0 radical (unpaired) electrons. The quantitative estimate of drug-likeness (QED) is 0.818. The number of hydrogen-bond acceptors (Lipinski definition) is 6. The highest BCUT2D eigenvalue weighted by Crippen LogP contribution is 2.24. The lowest BCUT2D eigenvalue weighted by molar-refractivity contribution is 0.312. The van der Waals surface area contributed by atoms with E-state index in [1.807, 2.05) is 12.1 Å². The van der Waals surface area contributed by atoms with E-state index >= 15 is 0 Å². The van der Waals surface area contributed by atoms with Crippen LogP contribution in [0.25, 0.3) is 10.3 Å². The van der Waals surface area contributed by atoms with Crippen molar-refractivity contribution in [1.82, 2.24) is 14.9 Å². The molecule has 3 heterocycles. The molecule has 1 saturated heterocycles. The highest BCUT2D eigenvalue weighted by molar-refractivity contribution is 7.21. The lowest BCUT2D eigenvalue weighted by Gasteiger charge is -2.33. The van der Waals surface area contributed by atoms with Crippen LogP contribution in [-0.2, 0) is 0 Å². The van der Waals surface area contributed by atoms with Crippen LogP contribution in [0.3, 0.4) is 0 Å². The average Bonchev–Trinajstić information content (AvgIpc) is 2.69. The zero-order valence-corrected chi connectivity index (χ0v) is 10.6. The molecule has 0 aromatic carbocycles. The molecule has 5 nitrogen and oxygen atoms in total. The van der Waals surface area contributed by atoms with Gasteiger partial charge in [0.05, 0.1) is 0 Å². The Kier molecular flexibility index (Phi) is 2.60. The zero-order chi connectivity index (χ0) is 11.8. The second kappa shape index (κ2) is 4.12. The average molecular weight is 249 g/mol. The molecule has 0 bridgehead atoms. The maximum absolute atomic E-state index is 5.68. The van der Waals surface area contributed by atoms with Crippen molar-refractivity contribution >= 4 is 32.6 Å². The number of nitrogens with zero attached hydrogens (tertiary/aromatic N) is 4.